The molecule has 0 aromatic carbocycles. The van der Waals surface area contributed by atoms with Crippen LogP contribution in [-0.4, -0.2) is 22.3 Å². The summed E-state index contributed by atoms with van der Waals surface area (Å²) in [6, 6.07) is 0. The average molecular weight is 227 g/mol. The Hall–Kier alpha value is -0.570. The van der Waals surface area contributed by atoms with E-state index in [1.54, 1.807) is 0 Å². The highest BCUT2D eigenvalue weighted by molar-refractivity contribution is 5.79. The van der Waals surface area contributed by atoms with Gasteiger partial charge in [-0.2, -0.15) is 0 Å². The lowest BCUT2D eigenvalue weighted by Crippen LogP contribution is -2.33. The van der Waals surface area contributed by atoms with Crippen LogP contribution in [-0.2, 0) is 9.53 Å². The van der Waals surface area contributed by atoms with Gasteiger partial charge in [-0.05, 0) is 40.0 Å². The Labute approximate surface area is 98.2 Å². The minimum Gasteiger partial charge on any atom is -0.460 e. The fourth-order valence-corrected chi connectivity index (χ4v) is 2.03. The molecule has 3 nitrogen and oxygen atoms in total. The van der Waals surface area contributed by atoms with E-state index in [1.807, 2.05) is 20.8 Å². The maximum Gasteiger partial charge on any atom is 0.310 e. The molecule has 0 bridgehead atoms. The summed E-state index contributed by atoms with van der Waals surface area (Å²) in [5, 5.41) is 10.2. The highest BCUT2D eigenvalue weighted by atomic mass is 16.6. The second-order valence-corrected chi connectivity index (χ2v) is 5.73. The molecule has 3 heteroatoms. The van der Waals surface area contributed by atoms with Crippen LogP contribution in [0.5, 0.6) is 0 Å². The fraction of sp³-hybridized carbons (Fsp3) is 0.846. The van der Waals surface area contributed by atoms with Crippen LogP contribution in [0.15, 0.2) is 0 Å². The summed E-state index contributed by atoms with van der Waals surface area (Å²) in [7, 11) is 0. The third-order valence-corrected chi connectivity index (χ3v) is 2.84. The zero-order valence-electron chi connectivity index (χ0n) is 10.6. The van der Waals surface area contributed by atoms with Crippen molar-refractivity contribution in [2.24, 2.45) is 0 Å². The SMILES string of the molecule is CC(C)(C)OC(=O)[CH]CC1(O)CCCCC1. The quantitative estimate of drug-likeness (QED) is 0.754. The predicted octanol–water partition coefficient (Wildman–Crippen LogP) is 2.62. The molecule has 0 spiro atoms. The third kappa shape index (κ3) is 4.97. The summed E-state index contributed by atoms with van der Waals surface area (Å²) in [6.45, 7) is 5.52. The van der Waals surface area contributed by atoms with Gasteiger partial charge in [0.15, 0.2) is 0 Å². The highest BCUT2D eigenvalue weighted by Crippen LogP contribution is 2.31. The van der Waals surface area contributed by atoms with E-state index in [0.717, 1.165) is 25.7 Å². The van der Waals surface area contributed by atoms with Crippen molar-refractivity contribution in [2.75, 3.05) is 0 Å². The molecule has 1 fully saturated rings. The zero-order valence-corrected chi connectivity index (χ0v) is 10.6. The van der Waals surface area contributed by atoms with Gasteiger partial charge < -0.3 is 9.84 Å². The van der Waals surface area contributed by atoms with Crippen molar-refractivity contribution in [3.05, 3.63) is 6.42 Å². The second-order valence-electron chi connectivity index (χ2n) is 5.73. The molecular formula is C13H23O3. The first-order chi connectivity index (χ1) is 7.31. The van der Waals surface area contributed by atoms with E-state index < -0.39 is 11.2 Å². The van der Waals surface area contributed by atoms with Crippen LogP contribution in [0.2, 0.25) is 0 Å². The van der Waals surface area contributed by atoms with Crippen molar-refractivity contribution >= 4 is 5.97 Å². The number of carbonyl (C=O) groups is 1. The maximum absolute atomic E-state index is 11.5. The normalized spacial score (nSPS) is 20.5. The molecule has 0 unspecified atom stereocenters. The molecule has 0 aromatic heterocycles. The summed E-state index contributed by atoms with van der Waals surface area (Å²) in [5.74, 6) is -0.327. The third-order valence-electron chi connectivity index (χ3n) is 2.84. The number of esters is 1. The van der Waals surface area contributed by atoms with Gasteiger partial charge in [0, 0.05) is 0 Å². The van der Waals surface area contributed by atoms with Gasteiger partial charge in [0.25, 0.3) is 0 Å². The number of carbonyl (C=O) groups excluding carboxylic acids is 1. The van der Waals surface area contributed by atoms with Gasteiger partial charge in [-0.25, -0.2) is 0 Å². The Bertz CT molecular complexity index is 234. The van der Waals surface area contributed by atoms with Crippen molar-refractivity contribution in [1.82, 2.24) is 0 Å². The van der Waals surface area contributed by atoms with Crippen LogP contribution in [0.25, 0.3) is 0 Å². The summed E-state index contributed by atoms with van der Waals surface area (Å²) >= 11 is 0. The first-order valence-corrected chi connectivity index (χ1v) is 6.09. The van der Waals surface area contributed by atoms with E-state index in [-0.39, 0.29) is 5.97 Å². The van der Waals surface area contributed by atoms with Crippen LogP contribution in [0.3, 0.4) is 0 Å². The van der Waals surface area contributed by atoms with Crippen molar-refractivity contribution in [1.29, 1.82) is 0 Å². The standard InChI is InChI=1S/C13H23O3/c1-12(2,3)16-11(14)7-10-13(15)8-5-4-6-9-13/h7,15H,4-6,8-10H2,1-3H3. The largest absolute Gasteiger partial charge is 0.460 e. The van der Waals surface area contributed by atoms with Gasteiger partial charge in [0.1, 0.15) is 5.60 Å². The van der Waals surface area contributed by atoms with E-state index >= 15 is 0 Å². The Morgan fingerprint density at radius 3 is 2.38 bits per heavy atom. The van der Waals surface area contributed by atoms with E-state index in [9.17, 15) is 9.90 Å². The van der Waals surface area contributed by atoms with Crippen molar-refractivity contribution in [2.45, 2.75) is 70.5 Å². The molecule has 1 saturated carbocycles. The Morgan fingerprint density at radius 1 is 1.31 bits per heavy atom. The number of hydrogen-bond acceptors (Lipinski definition) is 3. The van der Waals surface area contributed by atoms with Crippen LogP contribution >= 0.6 is 0 Å². The second kappa shape index (κ2) is 5.17. The van der Waals surface area contributed by atoms with Gasteiger partial charge in [-0.15, -0.1) is 0 Å². The first kappa shape index (κ1) is 13.5. The predicted molar refractivity (Wildman–Crippen MR) is 62.8 cm³/mol. The molecule has 16 heavy (non-hydrogen) atoms. The summed E-state index contributed by atoms with van der Waals surface area (Å²) in [5.41, 5.74) is -1.13. The molecule has 1 radical (unpaired) electrons. The molecule has 0 aliphatic heterocycles. The van der Waals surface area contributed by atoms with E-state index in [0.29, 0.717) is 6.42 Å². The van der Waals surface area contributed by atoms with Gasteiger partial charge in [-0.3, -0.25) is 4.79 Å². The molecule has 1 rings (SSSR count). The lowest BCUT2D eigenvalue weighted by molar-refractivity contribution is -0.151. The smallest absolute Gasteiger partial charge is 0.310 e. The van der Waals surface area contributed by atoms with E-state index in [2.05, 4.69) is 0 Å². The minimum atomic E-state index is -0.671. The highest BCUT2D eigenvalue weighted by Gasteiger charge is 2.30. The van der Waals surface area contributed by atoms with E-state index in [4.69, 9.17) is 4.74 Å². The van der Waals surface area contributed by atoms with Gasteiger partial charge in [0.2, 0.25) is 0 Å². The van der Waals surface area contributed by atoms with Crippen LogP contribution in [0.4, 0.5) is 0 Å². The summed E-state index contributed by atoms with van der Waals surface area (Å²) in [6.07, 6.45) is 6.79. The molecule has 1 aliphatic carbocycles. The van der Waals surface area contributed by atoms with Crippen LogP contribution in [0.1, 0.15) is 59.3 Å². The van der Waals surface area contributed by atoms with E-state index in [1.165, 1.54) is 12.8 Å². The molecule has 0 amide bonds. The number of rotatable bonds is 3. The summed E-state index contributed by atoms with van der Waals surface area (Å²) < 4.78 is 5.17. The Morgan fingerprint density at radius 2 is 1.88 bits per heavy atom. The number of aliphatic hydroxyl groups is 1. The Kier molecular flexibility index (Phi) is 4.36. The van der Waals surface area contributed by atoms with Gasteiger partial charge >= 0.3 is 5.97 Å². The molecular weight excluding hydrogens is 204 g/mol. The topological polar surface area (TPSA) is 46.5 Å². The van der Waals surface area contributed by atoms with Crippen LogP contribution in [0, 0.1) is 6.42 Å². The molecule has 93 valence electrons. The summed E-state index contributed by atoms with van der Waals surface area (Å²) in [4.78, 5) is 11.5. The van der Waals surface area contributed by atoms with Crippen molar-refractivity contribution < 1.29 is 14.6 Å². The molecule has 0 atom stereocenters. The lowest BCUT2D eigenvalue weighted by Gasteiger charge is -2.32. The Balaban J connectivity index is 2.30. The molecule has 1 aliphatic rings. The molecule has 0 saturated heterocycles. The van der Waals surface area contributed by atoms with Crippen molar-refractivity contribution in [3.63, 3.8) is 0 Å². The molecule has 0 aromatic rings. The van der Waals surface area contributed by atoms with Crippen LogP contribution < -0.4 is 0 Å². The first-order valence-electron chi connectivity index (χ1n) is 6.09. The van der Waals surface area contributed by atoms with Gasteiger partial charge in [0.05, 0.1) is 12.0 Å². The fourth-order valence-electron chi connectivity index (χ4n) is 2.03. The zero-order chi connectivity index (χ0) is 12.2. The average Bonchev–Trinajstić information content (AvgIpc) is 2.14. The number of hydrogen-bond donors (Lipinski definition) is 1. The number of ether oxygens (including phenoxy) is 1. The minimum absolute atomic E-state index is 0.327. The van der Waals surface area contributed by atoms with Crippen molar-refractivity contribution in [3.8, 4) is 0 Å². The molecule has 1 N–H and O–H groups in total. The lowest BCUT2D eigenvalue weighted by atomic mass is 9.82. The monoisotopic (exact) mass is 227 g/mol. The molecule has 0 heterocycles. The van der Waals surface area contributed by atoms with Gasteiger partial charge in [-0.1, -0.05) is 19.3 Å². The maximum atomic E-state index is 11.5.